The highest BCUT2D eigenvalue weighted by Crippen LogP contribution is 2.33. The number of hydrogen-bond acceptors (Lipinski definition) is 2. The van der Waals surface area contributed by atoms with Crippen molar-refractivity contribution in [3.63, 3.8) is 0 Å². The minimum Gasteiger partial charge on any atom is -0.280 e. The average molecular weight is 337 g/mol. The van der Waals surface area contributed by atoms with Crippen molar-refractivity contribution in [3.05, 3.63) is 57.5 Å². The number of anilines is 1. The van der Waals surface area contributed by atoms with Crippen LogP contribution in [0, 0.1) is 0 Å². The largest absolute Gasteiger partial charge is 0.280 e. The molecule has 0 atom stereocenters. The van der Waals surface area contributed by atoms with E-state index in [4.69, 9.17) is 34.8 Å². The van der Waals surface area contributed by atoms with E-state index in [1.54, 1.807) is 30.3 Å². The molecule has 7 heteroatoms. The van der Waals surface area contributed by atoms with Crippen molar-refractivity contribution in [1.82, 2.24) is 0 Å². The van der Waals surface area contributed by atoms with Gasteiger partial charge in [-0.2, -0.15) is 0 Å². The van der Waals surface area contributed by atoms with Crippen molar-refractivity contribution < 1.29 is 8.42 Å². The molecule has 0 bridgehead atoms. The van der Waals surface area contributed by atoms with Gasteiger partial charge in [-0.05, 0) is 24.3 Å². The third kappa shape index (κ3) is 3.34. The van der Waals surface area contributed by atoms with Gasteiger partial charge in [0.15, 0.2) is 0 Å². The molecule has 0 saturated heterocycles. The van der Waals surface area contributed by atoms with Crippen molar-refractivity contribution in [2.45, 2.75) is 4.90 Å². The third-order valence-electron chi connectivity index (χ3n) is 2.26. The normalized spacial score (nSPS) is 11.3. The molecule has 0 radical (unpaired) electrons. The maximum Gasteiger partial charge on any atom is 0.264 e. The second-order valence-electron chi connectivity index (χ2n) is 3.67. The maximum atomic E-state index is 12.2. The van der Waals surface area contributed by atoms with Crippen LogP contribution in [0.25, 0.3) is 0 Å². The lowest BCUT2D eigenvalue weighted by molar-refractivity contribution is 0.601. The van der Waals surface area contributed by atoms with Crippen molar-refractivity contribution in [2.75, 3.05) is 4.72 Å². The van der Waals surface area contributed by atoms with Crippen LogP contribution in [0.1, 0.15) is 0 Å². The molecule has 0 aromatic heterocycles. The number of para-hydroxylation sites is 1. The molecule has 0 aliphatic rings. The van der Waals surface area contributed by atoms with E-state index in [9.17, 15) is 8.42 Å². The second kappa shape index (κ2) is 5.59. The standard InChI is InChI=1S/C12H8Cl3NO2S/c13-8-6-10(14)12(11(15)7-8)19(17,18)16-9-4-2-1-3-5-9/h1-7,16H. The number of hydrogen-bond donors (Lipinski definition) is 1. The maximum absolute atomic E-state index is 12.2. The summed E-state index contributed by atoms with van der Waals surface area (Å²) in [5.74, 6) is 0. The predicted octanol–water partition coefficient (Wildman–Crippen LogP) is 4.45. The fourth-order valence-electron chi connectivity index (χ4n) is 1.50. The molecular formula is C12H8Cl3NO2S. The lowest BCUT2D eigenvalue weighted by Gasteiger charge is -2.11. The zero-order chi connectivity index (χ0) is 14.0. The van der Waals surface area contributed by atoms with E-state index in [2.05, 4.69) is 4.72 Å². The van der Waals surface area contributed by atoms with Crippen LogP contribution in [0.2, 0.25) is 15.1 Å². The lowest BCUT2D eigenvalue weighted by atomic mass is 10.3. The minimum atomic E-state index is -3.86. The van der Waals surface area contributed by atoms with Crippen molar-refractivity contribution in [1.29, 1.82) is 0 Å². The van der Waals surface area contributed by atoms with Gasteiger partial charge < -0.3 is 0 Å². The first-order chi connectivity index (χ1) is 8.90. The SMILES string of the molecule is O=S(=O)(Nc1ccccc1)c1c(Cl)cc(Cl)cc1Cl. The Bertz CT molecular complexity index is 679. The highest BCUT2D eigenvalue weighted by Gasteiger charge is 2.22. The van der Waals surface area contributed by atoms with Gasteiger partial charge in [-0.1, -0.05) is 53.0 Å². The monoisotopic (exact) mass is 335 g/mol. The molecule has 0 saturated carbocycles. The van der Waals surface area contributed by atoms with Gasteiger partial charge in [0, 0.05) is 10.7 Å². The highest BCUT2D eigenvalue weighted by molar-refractivity contribution is 7.93. The summed E-state index contributed by atoms with van der Waals surface area (Å²) in [6.45, 7) is 0. The van der Waals surface area contributed by atoms with Crippen LogP contribution in [-0.4, -0.2) is 8.42 Å². The molecule has 0 unspecified atom stereocenters. The first-order valence-electron chi connectivity index (χ1n) is 5.12. The van der Waals surface area contributed by atoms with E-state index in [1.807, 2.05) is 0 Å². The van der Waals surface area contributed by atoms with Crippen molar-refractivity contribution in [3.8, 4) is 0 Å². The second-order valence-corrected chi connectivity index (χ2v) is 6.54. The van der Waals surface area contributed by atoms with Gasteiger partial charge in [0.25, 0.3) is 10.0 Å². The Morgan fingerprint density at radius 1 is 0.895 bits per heavy atom. The van der Waals surface area contributed by atoms with E-state index >= 15 is 0 Å². The van der Waals surface area contributed by atoms with Gasteiger partial charge in [0.1, 0.15) is 4.90 Å². The molecule has 100 valence electrons. The van der Waals surface area contributed by atoms with Gasteiger partial charge in [-0.25, -0.2) is 8.42 Å². The Labute approximate surface area is 126 Å². The van der Waals surface area contributed by atoms with E-state index < -0.39 is 10.0 Å². The Kier molecular flexibility index (Phi) is 4.26. The summed E-state index contributed by atoms with van der Waals surface area (Å²) in [6, 6.07) is 11.1. The van der Waals surface area contributed by atoms with Gasteiger partial charge in [-0.15, -0.1) is 0 Å². The summed E-state index contributed by atoms with van der Waals surface area (Å²) < 4.78 is 26.9. The van der Waals surface area contributed by atoms with Crippen LogP contribution < -0.4 is 4.72 Å². The Morgan fingerprint density at radius 2 is 1.42 bits per heavy atom. The minimum absolute atomic E-state index is 0.0269. The van der Waals surface area contributed by atoms with Crippen molar-refractivity contribution in [2.24, 2.45) is 0 Å². The molecule has 0 aliphatic heterocycles. The van der Waals surface area contributed by atoms with E-state index in [0.29, 0.717) is 5.69 Å². The number of benzene rings is 2. The summed E-state index contributed by atoms with van der Waals surface area (Å²) in [5, 5.41) is 0.218. The molecule has 2 aromatic rings. The fourth-order valence-corrected chi connectivity index (χ4v) is 4.10. The summed E-state index contributed by atoms with van der Waals surface area (Å²) in [4.78, 5) is -0.191. The molecule has 19 heavy (non-hydrogen) atoms. The Hall–Kier alpha value is -0.940. The molecule has 0 spiro atoms. The van der Waals surface area contributed by atoms with E-state index in [0.717, 1.165) is 0 Å². The van der Waals surface area contributed by atoms with E-state index in [-0.39, 0.29) is 20.0 Å². The quantitative estimate of drug-likeness (QED) is 0.900. The number of sulfonamides is 1. The van der Waals surface area contributed by atoms with Crippen LogP contribution >= 0.6 is 34.8 Å². The fraction of sp³-hybridized carbons (Fsp3) is 0. The van der Waals surface area contributed by atoms with Crippen LogP contribution in [-0.2, 0) is 10.0 Å². The number of rotatable bonds is 3. The number of nitrogens with one attached hydrogen (secondary N) is 1. The first kappa shape index (κ1) is 14.5. The predicted molar refractivity (Wildman–Crippen MR) is 78.7 cm³/mol. The molecular weight excluding hydrogens is 329 g/mol. The van der Waals surface area contributed by atoms with Gasteiger partial charge >= 0.3 is 0 Å². The molecule has 0 fully saturated rings. The zero-order valence-corrected chi connectivity index (χ0v) is 12.5. The summed E-state index contributed by atoms with van der Waals surface area (Å²) in [6.07, 6.45) is 0. The molecule has 2 aromatic carbocycles. The third-order valence-corrected chi connectivity index (χ3v) is 4.78. The molecule has 3 nitrogen and oxygen atoms in total. The van der Waals surface area contributed by atoms with Gasteiger partial charge in [0.2, 0.25) is 0 Å². The van der Waals surface area contributed by atoms with Crippen LogP contribution in [0.5, 0.6) is 0 Å². The Balaban J connectivity index is 2.46. The average Bonchev–Trinajstić information content (AvgIpc) is 2.27. The molecule has 0 heterocycles. The van der Waals surface area contributed by atoms with Gasteiger partial charge in [0.05, 0.1) is 10.0 Å². The molecule has 1 N–H and O–H groups in total. The molecule has 0 amide bonds. The van der Waals surface area contributed by atoms with Gasteiger partial charge in [-0.3, -0.25) is 4.72 Å². The molecule has 2 rings (SSSR count). The number of halogens is 3. The summed E-state index contributed by atoms with van der Waals surface area (Å²) >= 11 is 17.5. The first-order valence-corrected chi connectivity index (χ1v) is 7.74. The summed E-state index contributed by atoms with van der Waals surface area (Å²) in [7, 11) is -3.86. The van der Waals surface area contributed by atoms with Crippen LogP contribution in [0.3, 0.4) is 0 Å². The molecule has 0 aliphatic carbocycles. The smallest absolute Gasteiger partial charge is 0.264 e. The lowest BCUT2D eigenvalue weighted by Crippen LogP contribution is -2.14. The van der Waals surface area contributed by atoms with Crippen LogP contribution in [0.15, 0.2) is 47.4 Å². The summed E-state index contributed by atoms with van der Waals surface area (Å²) in [5.41, 5.74) is 0.421. The van der Waals surface area contributed by atoms with E-state index in [1.165, 1.54) is 12.1 Å². The highest BCUT2D eigenvalue weighted by atomic mass is 35.5. The van der Waals surface area contributed by atoms with Crippen molar-refractivity contribution >= 4 is 50.5 Å². The topological polar surface area (TPSA) is 46.2 Å². The Morgan fingerprint density at radius 3 is 1.95 bits per heavy atom. The van der Waals surface area contributed by atoms with Crippen LogP contribution in [0.4, 0.5) is 5.69 Å². The zero-order valence-electron chi connectivity index (χ0n) is 9.40.